The van der Waals surface area contributed by atoms with Crippen molar-refractivity contribution in [1.82, 2.24) is 47.4 Å². The van der Waals surface area contributed by atoms with Gasteiger partial charge in [-0.15, -0.1) is 0 Å². The fourth-order valence-corrected chi connectivity index (χ4v) is 9.81. The van der Waals surface area contributed by atoms with Gasteiger partial charge in [0.15, 0.2) is 0 Å². The zero-order valence-corrected chi connectivity index (χ0v) is 58.9. The molecule has 30 heteroatoms. The Kier molecular flexibility index (Phi) is 36.6. The molecule has 3 rings (SSSR count). The second-order valence-corrected chi connectivity index (χ2v) is 27.0. The number of unbranched alkanes of at least 4 members (excludes halogenated alkanes) is 4. The number of hydrogen-bond acceptors (Lipinski definition) is 16. The molecule has 9 amide bonds. The molecule has 100 heavy (non-hydrogen) atoms. The van der Waals surface area contributed by atoms with Crippen LogP contribution in [0.15, 0.2) is 84.0 Å². The third kappa shape index (κ3) is 37.1. The maximum atomic E-state index is 14.6. The molecule has 0 saturated carbocycles. The predicted octanol–water partition coefficient (Wildman–Crippen LogP) is 7.30. The Bertz CT molecular complexity index is 3220. The number of rotatable bonds is 44. The van der Waals surface area contributed by atoms with Crippen molar-refractivity contribution in [2.45, 2.75) is 225 Å². The van der Waals surface area contributed by atoms with E-state index in [1.165, 1.54) is 0 Å². The first-order valence-corrected chi connectivity index (χ1v) is 33.7. The molecule has 0 bridgehead atoms. The van der Waals surface area contributed by atoms with Crippen LogP contribution in [0.2, 0.25) is 0 Å². The summed E-state index contributed by atoms with van der Waals surface area (Å²) in [6.45, 7) is 17.1. The smallest absolute Gasteiger partial charge is 0.407 e. The first kappa shape index (κ1) is 84.2. The van der Waals surface area contributed by atoms with E-state index in [1.54, 1.807) is 125 Å². The minimum atomic E-state index is -1.58. The molecule has 3 aromatic carbocycles. The molecule has 5 atom stereocenters. The summed E-state index contributed by atoms with van der Waals surface area (Å²) in [6.07, 6.45) is 0.866. The highest BCUT2D eigenvalue weighted by Crippen LogP contribution is 2.21. The summed E-state index contributed by atoms with van der Waals surface area (Å²) in [6, 6.07) is 14.5. The van der Waals surface area contributed by atoms with Crippen LogP contribution in [-0.2, 0) is 72.0 Å². The molecule has 0 aromatic heterocycles. The number of nitrogens with one attached hydrogen (secondary N) is 8. The summed E-state index contributed by atoms with van der Waals surface area (Å²) < 4.78 is 16.8. The van der Waals surface area contributed by atoms with Crippen molar-refractivity contribution in [3.63, 3.8) is 0 Å². The van der Waals surface area contributed by atoms with Gasteiger partial charge in [-0.25, -0.2) is 24.0 Å². The van der Waals surface area contributed by atoms with E-state index in [1.807, 2.05) is 20.8 Å². The number of urea groups is 1. The molecule has 550 valence electrons. The number of alkyl carbamates (subject to hydrolysis) is 1. The Morgan fingerprint density at radius 1 is 0.490 bits per heavy atom. The number of nitrogens with zero attached hydrogens (tertiary/aromatic N) is 4. The van der Waals surface area contributed by atoms with Gasteiger partial charge in [-0.1, -0.05) is 66.1 Å². The Morgan fingerprint density at radius 2 is 1.02 bits per heavy atom. The lowest BCUT2D eigenvalue weighted by atomic mass is 10.0. The van der Waals surface area contributed by atoms with Gasteiger partial charge < -0.3 is 77.0 Å². The molecule has 0 aliphatic rings. The third-order valence-electron chi connectivity index (χ3n) is 14.7. The summed E-state index contributed by atoms with van der Waals surface area (Å²) in [7, 11) is 0. The van der Waals surface area contributed by atoms with Gasteiger partial charge in [0.2, 0.25) is 35.4 Å². The Balaban J connectivity index is 1.71. The van der Waals surface area contributed by atoms with Crippen LogP contribution >= 0.6 is 0 Å². The number of benzene rings is 3. The lowest BCUT2D eigenvalue weighted by Crippen LogP contribution is -2.57. The van der Waals surface area contributed by atoms with E-state index in [0.29, 0.717) is 66.5 Å². The lowest BCUT2D eigenvalue weighted by Gasteiger charge is -2.26. The van der Waals surface area contributed by atoms with Crippen LogP contribution in [0.5, 0.6) is 5.75 Å². The molecule has 0 spiro atoms. The number of amides is 9. The summed E-state index contributed by atoms with van der Waals surface area (Å²) in [5.41, 5.74) is 9.04. The van der Waals surface area contributed by atoms with Gasteiger partial charge in [-0.3, -0.25) is 33.6 Å². The van der Waals surface area contributed by atoms with Crippen molar-refractivity contribution in [2.24, 2.45) is 5.11 Å². The molecule has 30 nitrogen and oxygen atoms in total. The molecule has 0 aliphatic carbocycles. The summed E-state index contributed by atoms with van der Waals surface area (Å²) in [5.74, 6) is -7.46. The SMILES string of the molecule is CC(C)(C)OC(=O)NCCCCC(NC(=O)C(Cc1ccc(OC(C)(C)C)cc1)NC(=O)C(Cc1ccccc1)NC(=O)CCC(=O)NCCCCCC(=O)N(CCCCC(NC(=O)NC(CCC(=O)O)C(=O)O)C(=O)O)Cc1ccc(C(=O)OC(C)(C)C)cc1)C(=O)NCCCN=[N+]=[N-]. The summed E-state index contributed by atoms with van der Waals surface area (Å²) in [4.78, 5) is 160. The highest BCUT2D eigenvalue weighted by molar-refractivity contribution is 5.95. The highest BCUT2D eigenvalue weighted by Gasteiger charge is 2.32. The molecule has 0 heterocycles. The van der Waals surface area contributed by atoms with Crippen LogP contribution in [0.4, 0.5) is 9.59 Å². The number of carbonyl (C=O) groups is 12. The molecule has 11 N–H and O–H groups in total. The monoisotopic (exact) mass is 1400 g/mol. The maximum absolute atomic E-state index is 14.6. The Hall–Kier alpha value is -9.99. The number of carboxylic acid groups (broad SMARTS) is 3. The van der Waals surface area contributed by atoms with Crippen molar-refractivity contribution < 1.29 is 87.1 Å². The minimum absolute atomic E-state index is 0.00851. The molecule has 0 fully saturated rings. The average molecular weight is 1400 g/mol. The van der Waals surface area contributed by atoms with Gasteiger partial charge in [0, 0.05) is 82.7 Å². The van der Waals surface area contributed by atoms with Crippen molar-refractivity contribution in [3.8, 4) is 5.75 Å². The first-order chi connectivity index (χ1) is 47.1. The fourth-order valence-electron chi connectivity index (χ4n) is 9.81. The number of carboxylic acids is 3. The van der Waals surface area contributed by atoms with Gasteiger partial charge >= 0.3 is 36.0 Å². The molecule has 3 aromatic rings. The van der Waals surface area contributed by atoms with Crippen LogP contribution in [0.25, 0.3) is 10.4 Å². The number of carbonyl (C=O) groups excluding carboxylic acids is 9. The van der Waals surface area contributed by atoms with Crippen molar-refractivity contribution in [3.05, 3.63) is 112 Å². The molecular weight excluding hydrogens is 1300 g/mol. The average Bonchev–Trinajstić information content (AvgIpc) is 0.858. The molecule has 0 radical (unpaired) electrons. The molecule has 5 unspecified atom stereocenters. The fraction of sp³-hybridized carbons (Fsp3) is 0.571. The largest absolute Gasteiger partial charge is 0.488 e. The molecular formula is C70H102N12O18. The van der Waals surface area contributed by atoms with Gasteiger partial charge in [-0.05, 0) is 173 Å². The number of ether oxygens (including phenoxy) is 3. The standard InChI is InChI=1S/C70H102N12O18/c1-68(2,3)98-50-32-28-47(29-33-50)44-55(62(90)77-51(60(88)73-40-20-41-75-81-71)23-15-18-39-74-67(97)100-70(7,8)9)78-61(89)54(43-46-21-12-10-13-22-46)76-57(84)36-35-56(83)72-38-17-11-14-25-58(85)82(45-48-26-30-49(31-27-48)65(95)99-69(4,5)6)42-19-16-24-52(63(91)92)79-66(96)80-53(64(93)94)34-37-59(86)87/h10,12-13,21-22,26-33,51-55H,11,14-20,23-25,34-45H2,1-9H3,(H,72,83)(H,73,88)(H,74,97)(H,76,84)(H,77,90)(H,78,89)(H,86,87)(H,91,92)(H,93,94)(H2,79,80,96). The number of hydrogen-bond donors (Lipinski definition) is 11. The van der Waals surface area contributed by atoms with Crippen molar-refractivity contribution >= 4 is 71.4 Å². The quantitative estimate of drug-likeness (QED) is 0.00869. The minimum Gasteiger partial charge on any atom is -0.488 e. The van der Waals surface area contributed by atoms with Crippen molar-refractivity contribution in [2.75, 3.05) is 32.7 Å². The van der Waals surface area contributed by atoms with E-state index in [2.05, 4.69) is 52.6 Å². The molecule has 0 aliphatic heterocycles. The summed E-state index contributed by atoms with van der Waals surface area (Å²) >= 11 is 0. The Morgan fingerprint density at radius 3 is 1.61 bits per heavy atom. The number of esters is 1. The van der Waals surface area contributed by atoms with E-state index in [0.717, 1.165) is 0 Å². The number of azide groups is 1. The van der Waals surface area contributed by atoms with E-state index in [4.69, 9.17) is 24.8 Å². The maximum Gasteiger partial charge on any atom is 0.407 e. The first-order valence-electron chi connectivity index (χ1n) is 33.7. The van der Waals surface area contributed by atoms with Crippen molar-refractivity contribution in [1.29, 1.82) is 0 Å². The zero-order chi connectivity index (χ0) is 74.4. The van der Waals surface area contributed by atoms with Gasteiger partial charge in [0.05, 0.1) is 5.56 Å². The zero-order valence-electron chi connectivity index (χ0n) is 58.9. The van der Waals surface area contributed by atoms with Crippen LogP contribution in [0.3, 0.4) is 0 Å². The second kappa shape index (κ2) is 43.4. The highest BCUT2D eigenvalue weighted by atomic mass is 16.6. The van der Waals surface area contributed by atoms with Gasteiger partial charge in [0.1, 0.15) is 52.8 Å². The van der Waals surface area contributed by atoms with Gasteiger partial charge in [-0.2, -0.15) is 0 Å². The summed E-state index contributed by atoms with van der Waals surface area (Å²) in [5, 5.41) is 52.7. The molecule has 0 saturated heterocycles. The van der Waals surface area contributed by atoms with E-state index >= 15 is 0 Å². The lowest BCUT2D eigenvalue weighted by molar-refractivity contribution is -0.141. The van der Waals surface area contributed by atoms with Crippen LogP contribution in [0, 0.1) is 0 Å². The normalized spacial score (nSPS) is 12.8. The van der Waals surface area contributed by atoms with Crippen LogP contribution in [0.1, 0.15) is 186 Å². The van der Waals surface area contributed by atoms with Crippen LogP contribution in [-0.4, -0.2) is 171 Å². The second-order valence-electron chi connectivity index (χ2n) is 27.0. The van der Waals surface area contributed by atoms with E-state index < -0.39 is 125 Å². The van der Waals surface area contributed by atoms with Crippen LogP contribution < -0.4 is 47.3 Å². The number of aliphatic carboxylic acids is 3. The Labute approximate surface area is 583 Å². The van der Waals surface area contributed by atoms with Gasteiger partial charge in [0.25, 0.3) is 0 Å². The topological polar surface area (TPSA) is 441 Å². The predicted molar refractivity (Wildman–Crippen MR) is 369 cm³/mol. The third-order valence-corrected chi connectivity index (χ3v) is 14.7. The van der Waals surface area contributed by atoms with E-state index in [-0.39, 0.29) is 103 Å². The van der Waals surface area contributed by atoms with E-state index in [9.17, 15) is 67.7 Å².